The lowest BCUT2D eigenvalue weighted by Crippen LogP contribution is -2.59. The van der Waals surface area contributed by atoms with Crippen molar-refractivity contribution >= 4 is 17.5 Å². The maximum Gasteiger partial charge on any atom is 0.166 e. The smallest absolute Gasteiger partial charge is 0.166 e. The number of ether oxygens (including phenoxy) is 1. The van der Waals surface area contributed by atoms with E-state index in [-0.39, 0.29) is 11.4 Å². The molecule has 0 saturated heterocycles. The van der Waals surface area contributed by atoms with Crippen LogP contribution in [0.2, 0.25) is 0 Å². The van der Waals surface area contributed by atoms with Crippen molar-refractivity contribution in [3.63, 3.8) is 0 Å². The number of nitrogens with zero attached hydrogens (tertiary/aromatic N) is 1. The van der Waals surface area contributed by atoms with Gasteiger partial charge < -0.3 is 10.1 Å². The summed E-state index contributed by atoms with van der Waals surface area (Å²) in [6.07, 6.45) is 13.7. The van der Waals surface area contributed by atoms with Crippen LogP contribution in [0, 0.1) is 17.8 Å². The van der Waals surface area contributed by atoms with Crippen molar-refractivity contribution < 1.29 is 9.53 Å². The van der Waals surface area contributed by atoms with Crippen molar-refractivity contribution in [2.75, 3.05) is 12.4 Å². The summed E-state index contributed by atoms with van der Waals surface area (Å²) in [5.74, 6) is 2.31. The molecule has 3 unspecified atom stereocenters. The number of methoxy groups -OCH3 is 1. The van der Waals surface area contributed by atoms with Crippen LogP contribution in [-0.2, 0) is 11.2 Å². The maximum atomic E-state index is 12.6. The Labute approximate surface area is 155 Å². The van der Waals surface area contributed by atoms with Gasteiger partial charge in [0, 0.05) is 37.8 Å². The standard InChI is InChI=1S/C22H28N2O2/c1-3-19(25)17-12-23-18-6-4-5-16(18)21(17)24-20-14-7-13-8-15(20)11-22(9-13,10-14)26-2/h4-5,12-15,20H,3,6-11H2,1-2H3,(H,23,24)/t13?,14-,15+,20?,22?. The number of carbonyl (C=O) groups excluding carboxylic acids is 1. The Morgan fingerprint density at radius 1 is 1.31 bits per heavy atom. The molecule has 1 aromatic rings. The van der Waals surface area contributed by atoms with Crippen LogP contribution in [0.3, 0.4) is 0 Å². The number of Topliss-reactive ketones (excluding diaryl/α,β-unsaturated/α-hetero) is 1. The van der Waals surface area contributed by atoms with Gasteiger partial charge in [-0.1, -0.05) is 19.1 Å². The van der Waals surface area contributed by atoms with Gasteiger partial charge in [0.15, 0.2) is 5.78 Å². The predicted molar refractivity (Wildman–Crippen MR) is 102 cm³/mol. The van der Waals surface area contributed by atoms with E-state index in [0.29, 0.717) is 24.3 Å². The number of allylic oxidation sites excluding steroid dienone is 1. The van der Waals surface area contributed by atoms with Gasteiger partial charge in [-0.3, -0.25) is 9.78 Å². The summed E-state index contributed by atoms with van der Waals surface area (Å²) in [6.45, 7) is 1.93. The van der Waals surface area contributed by atoms with Crippen molar-refractivity contribution in [3.8, 4) is 0 Å². The van der Waals surface area contributed by atoms with Crippen LogP contribution < -0.4 is 5.32 Å². The highest BCUT2D eigenvalue weighted by Crippen LogP contribution is 2.57. The number of ketones is 1. The third kappa shape index (κ3) is 2.38. The van der Waals surface area contributed by atoms with Gasteiger partial charge in [-0.05, 0) is 49.9 Å². The largest absolute Gasteiger partial charge is 0.381 e. The molecule has 4 saturated carbocycles. The number of hydrogen-bond acceptors (Lipinski definition) is 4. The van der Waals surface area contributed by atoms with Gasteiger partial charge in [0.25, 0.3) is 0 Å². The summed E-state index contributed by atoms with van der Waals surface area (Å²) in [5, 5.41) is 3.88. The zero-order chi connectivity index (χ0) is 17.9. The second-order valence-corrected chi connectivity index (χ2v) is 8.82. The third-order valence-corrected chi connectivity index (χ3v) is 7.38. The van der Waals surface area contributed by atoms with Crippen LogP contribution >= 0.6 is 0 Å². The fourth-order valence-corrected chi connectivity index (χ4v) is 6.36. The van der Waals surface area contributed by atoms with Crippen molar-refractivity contribution in [1.29, 1.82) is 0 Å². The van der Waals surface area contributed by atoms with Gasteiger partial charge in [0.2, 0.25) is 0 Å². The second-order valence-electron chi connectivity index (χ2n) is 8.82. The molecule has 0 radical (unpaired) electrons. The molecule has 0 spiro atoms. The highest BCUT2D eigenvalue weighted by molar-refractivity contribution is 6.02. The van der Waals surface area contributed by atoms with Crippen LogP contribution in [0.1, 0.15) is 67.1 Å². The van der Waals surface area contributed by atoms with Crippen LogP contribution in [0.4, 0.5) is 5.69 Å². The Balaban J connectivity index is 1.50. The van der Waals surface area contributed by atoms with E-state index in [4.69, 9.17) is 4.74 Å². The van der Waals surface area contributed by atoms with E-state index in [9.17, 15) is 4.79 Å². The first-order chi connectivity index (χ1) is 12.6. The number of anilines is 1. The lowest BCUT2D eigenvalue weighted by atomic mass is 9.52. The Kier molecular flexibility index (Phi) is 3.75. The molecule has 4 fully saturated rings. The Bertz CT molecular complexity index is 769. The molecule has 4 nitrogen and oxygen atoms in total. The molecule has 5 aliphatic rings. The van der Waals surface area contributed by atoms with E-state index in [1.54, 1.807) is 6.20 Å². The molecule has 6 rings (SSSR count). The zero-order valence-electron chi connectivity index (χ0n) is 15.8. The second kappa shape index (κ2) is 5.91. The van der Waals surface area contributed by atoms with Gasteiger partial charge in [-0.25, -0.2) is 0 Å². The van der Waals surface area contributed by atoms with Crippen LogP contribution in [-0.4, -0.2) is 29.5 Å². The molecule has 0 aromatic carbocycles. The molecule has 1 aromatic heterocycles. The highest BCUT2D eigenvalue weighted by Gasteiger charge is 2.55. The Morgan fingerprint density at radius 2 is 2.08 bits per heavy atom. The molecule has 0 aliphatic heterocycles. The first-order valence-corrected chi connectivity index (χ1v) is 10.2. The van der Waals surface area contributed by atoms with Gasteiger partial charge in [0.05, 0.1) is 22.5 Å². The quantitative estimate of drug-likeness (QED) is 0.805. The number of nitrogens with one attached hydrogen (secondary N) is 1. The highest BCUT2D eigenvalue weighted by atomic mass is 16.5. The Morgan fingerprint density at radius 3 is 2.77 bits per heavy atom. The predicted octanol–water partition coefficient (Wildman–Crippen LogP) is 4.25. The van der Waals surface area contributed by atoms with E-state index < -0.39 is 0 Å². The lowest BCUT2D eigenvalue weighted by Gasteiger charge is -2.59. The molecule has 4 bridgehead atoms. The number of aromatic nitrogens is 1. The van der Waals surface area contributed by atoms with Crippen LogP contribution in [0.25, 0.3) is 6.08 Å². The molecule has 1 N–H and O–H groups in total. The van der Waals surface area contributed by atoms with Crippen molar-refractivity contribution in [2.24, 2.45) is 17.8 Å². The summed E-state index contributed by atoms with van der Waals surface area (Å²) in [5.41, 5.74) is 4.17. The molecule has 5 aliphatic carbocycles. The molecule has 26 heavy (non-hydrogen) atoms. The van der Waals surface area contributed by atoms with Crippen molar-refractivity contribution in [1.82, 2.24) is 4.98 Å². The van der Waals surface area contributed by atoms with E-state index >= 15 is 0 Å². The van der Waals surface area contributed by atoms with Crippen molar-refractivity contribution in [3.05, 3.63) is 29.1 Å². The van der Waals surface area contributed by atoms with Crippen molar-refractivity contribution in [2.45, 2.75) is 63.5 Å². The molecule has 0 amide bonds. The van der Waals surface area contributed by atoms with Gasteiger partial charge in [-0.2, -0.15) is 0 Å². The van der Waals surface area contributed by atoms with E-state index in [2.05, 4.69) is 22.5 Å². The molecular formula is C22H28N2O2. The number of pyridine rings is 1. The molecule has 138 valence electrons. The normalized spacial score (nSPS) is 36.4. The number of fused-ring (bicyclic) bond motifs is 1. The first kappa shape index (κ1) is 16.5. The zero-order valence-corrected chi connectivity index (χ0v) is 15.8. The number of rotatable bonds is 5. The molecule has 5 atom stereocenters. The minimum atomic E-state index is 0.122. The van der Waals surface area contributed by atoms with E-state index in [1.807, 2.05) is 14.0 Å². The summed E-state index contributed by atoms with van der Waals surface area (Å²) < 4.78 is 6.00. The van der Waals surface area contributed by atoms with Crippen LogP contribution in [0.5, 0.6) is 0 Å². The monoisotopic (exact) mass is 352 g/mol. The summed E-state index contributed by atoms with van der Waals surface area (Å²) >= 11 is 0. The maximum absolute atomic E-state index is 12.6. The average Bonchev–Trinajstić information content (AvgIpc) is 3.12. The van der Waals surface area contributed by atoms with E-state index in [0.717, 1.165) is 47.7 Å². The average molecular weight is 352 g/mol. The third-order valence-electron chi connectivity index (χ3n) is 7.38. The molecule has 1 heterocycles. The summed E-state index contributed by atoms with van der Waals surface area (Å²) in [7, 11) is 1.90. The SMILES string of the molecule is CCC(=O)c1cnc2c(c1NC1[C@@H]3CC4C[C@H]1CC(OC)(C4)C3)C=CC2. The summed E-state index contributed by atoms with van der Waals surface area (Å²) in [4.78, 5) is 17.1. The van der Waals surface area contributed by atoms with Crippen LogP contribution in [0.15, 0.2) is 12.3 Å². The molecular weight excluding hydrogens is 324 g/mol. The molecule has 4 heteroatoms. The van der Waals surface area contributed by atoms with E-state index in [1.165, 1.54) is 19.3 Å². The minimum Gasteiger partial charge on any atom is -0.381 e. The topological polar surface area (TPSA) is 51.2 Å². The fraction of sp³-hybridized carbons (Fsp3) is 0.636. The fourth-order valence-electron chi connectivity index (χ4n) is 6.36. The minimum absolute atomic E-state index is 0.122. The van der Waals surface area contributed by atoms with Gasteiger partial charge in [0.1, 0.15) is 0 Å². The first-order valence-electron chi connectivity index (χ1n) is 10.2. The lowest BCUT2D eigenvalue weighted by molar-refractivity contribution is -0.149. The summed E-state index contributed by atoms with van der Waals surface area (Å²) in [6, 6.07) is 0.457. The van der Waals surface area contributed by atoms with Gasteiger partial charge >= 0.3 is 0 Å². The Hall–Kier alpha value is -1.68. The van der Waals surface area contributed by atoms with Gasteiger partial charge in [-0.15, -0.1) is 0 Å². The number of carbonyl (C=O) groups is 1. The number of hydrogen-bond donors (Lipinski definition) is 1.